The number of carbonyl (C=O) groups is 1. The zero-order valence-electron chi connectivity index (χ0n) is 15.7. The molecule has 4 aromatic rings. The fourth-order valence-electron chi connectivity index (χ4n) is 2.80. The Bertz CT molecular complexity index is 1160. The van der Waals surface area contributed by atoms with Crippen LogP contribution in [0.5, 0.6) is 5.75 Å². The maximum Gasteiger partial charge on any atom is 0.291 e. The molecule has 0 fully saturated rings. The van der Waals surface area contributed by atoms with E-state index in [1.165, 1.54) is 12.1 Å². The SMILES string of the molecule is O=C(Nc1cnn(Cc2ccccc2)c1)c1ccc(COc2ccc(F)cc2Cl)o1. The first kappa shape index (κ1) is 19.7. The van der Waals surface area contributed by atoms with Crippen molar-refractivity contribution < 1.29 is 18.3 Å². The van der Waals surface area contributed by atoms with Gasteiger partial charge in [0.2, 0.25) is 0 Å². The van der Waals surface area contributed by atoms with E-state index in [1.54, 1.807) is 29.2 Å². The summed E-state index contributed by atoms with van der Waals surface area (Å²) in [5, 5.41) is 7.16. The molecule has 0 radical (unpaired) electrons. The number of hydrogen-bond acceptors (Lipinski definition) is 4. The topological polar surface area (TPSA) is 69.3 Å². The molecule has 8 heteroatoms. The lowest BCUT2D eigenvalue weighted by Gasteiger charge is -2.06. The molecule has 0 aliphatic heterocycles. The molecule has 0 atom stereocenters. The number of nitrogens with one attached hydrogen (secondary N) is 1. The van der Waals surface area contributed by atoms with Gasteiger partial charge in [-0.3, -0.25) is 9.48 Å². The molecule has 152 valence electrons. The van der Waals surface area contributed by atoms with E-state index in [2.05, 4.69) is 10.4 Å². The molecule has 0 saturated carbocycles. The summed E-state index contributed by atoms with van der Waals surface area (Å²) >= 11 is 5.93. The molecule has 30 heavy (non-hydrogen) atoms. The van der Waals surface area contributed by atoms with E-state index in [4.69, 9.17) is 20.8 Å². The van der Waals surface area contributed by atoms with Crippen LogP contribution in [-0.4, -0.2) is 15.7 Å². The third-order valence-electron chi connectivity index (χ3n) is 4.23. The van der Waals surface area contributed by atoms with Crippen molar-refractivity contribution >= 4 is 23.2 Å². The number of carbonyl (C=O) groups excluding carboxylic acids is 1. The summed E-state index contributed by atoms with van der Waals surface area (Å²) in [5.74, 6) is 0.0398. The van der Waals surface area contributed by atoms with E-state index in [-0.39, 0.29) is 17.4 Å². The molecule has 0 unspecified atom stereocenters. The number of aromatic nitrogens is 2. The summed E-state index contributed by atoms with van der Waals surface area (Å²) in [6.07, 6.45) is 3.32. The smallest absolute Gasteiger partial charge is 0.291 e. The van der Waals surface area contributed by atoms with Crippen LogP contribution in [0.15, 0.2) is 77.5 Å². The van der Waals surface area contributed by atoms with Gasteiger partial charge < -0.3 is 14.5 Å². The molecule has 0 aliphatic carbocycles. The lowest BCUT2D eigenvalue weighted by molar-refractivity contribution is 0.0992. The first-order valence-electron chi connectivity index (χ1n) is 9.11. The van der Waals surface area contributed by atoms with Gasteiger partial charge in [0, 0.05) is 6.20 Å². The van der Waals surface area contributed by atoms with Crippen molar-refractivity contribution in [1.82, 2.24) is 9.78 Å². The predicted molar refractivity (Wildman–Crippen MR) is 110 cm³/mol. The maximum atomic E-state index is 13.1. The molecule has 0 saturated heterocycles. The molecular weight excluding hydrogens is 409 g/mol. The normalized spacial score (nSPS) is 10.7. The second kappa shape index (κ2) is 8.84. The third-order valence-corrected chi connectivity index (χ3v) is 4.52. The Labute approximate surface area is 176 Å². The number of benzene rings is 2. The summed E-state index contributed by atoms with van der Waals surface area (Å²) in [6.45, 7) is 0.651. The van der Waals surface area contributed by atoms with Crippen molar-refractivity contribution in [1.29, 1.82) is 0 Å². The van der Waals surface area contributed by atoms with Crippen molar-refractivity contribution in [2.45, 2.75) is 13.2 Å². The summed E-state index contributed by atoms with van der Waals surface area (Å²) in [7, 11) is 0. The number of amides is 1. The van der Waals surface area contributed by atoms with Gasteiger partial charge in [-0.15, -0.1) is 0 Å². The second-order valence-electron chi connectivity index (χ2n) is 6.50. The van der Waals surface area contributed by atoms with Gasteiger partial charge >= 0.3 is 0 Å². The molecule has 0 bridgehead atoms. The monoisotopic (exact) mass is 425 g/mol. The Hall–Kier alpha value is -3.58. The molecule has 4 rings (SSSR count). The van der Waals surface area contributed by atoms with Crippen LogP contribution in [0.1, 0.15) is 21.9 Å². The van der Waals surface area contributed by atoms with Crippen LogP contribution in [-0.2, 0) is 13.2 Å². The largest absolute Gasteiger partial charge is 0.484 e. The van der Waals surface area contributed by atoms with Crippen molar-refractivity contribution in [2.75, 3.05) is 5.32 Å². The molecule has 0 spiro atoms. The fraction of sp³-hybridized carbons (Fsp3) is 0.0909. The number of anilines is 1. The van der Waals surface area contributed by atoms with E-state index < -0.39 is 11.7 Å². The minimum atomic E-state index is -0.448. The zero-order chi connectivity index (χ0) is 20.9. The Morgan fingerprint density at radius 3 is 2.80 bits per heavy atom. The van der Waals surface area contributed by atoms with Crippen molar-refractivity contribution in [2.24, 2.45) is 0 Å². The van der Waals surface area contributed by atoms with Crippen LogP contribution in [0.4, 0.5) is 10.1 Å². The van der Waals surface area contributed by atoms with E-state index in [9.17, 15) is 9.18 Å². The Balaban J connectivity index is 1.34. The number of nitrogens with zero attached hydrogens (tertiary/aromatic N) is 2. The van der Waals surface area contributed by atoms with Crippen molar-refractivity contribution in [3.8, 4) is 5.75 Å². The van der Waals surface area contributed by atoms with Crippen LogP contribution in [0.2, 0.25) is 5.02 Å². The lowest BCUT2D eigenvalue weighted by atomic mass is 10.2. The lowest BCUT2D eigenvalue weighted by Crippen LogP contribution is -2.10. The van der Waals surface area contributed by atoms with E-state index in [0.717, 1.165) is 11.6 Å². The van der Waals surface area contributed by atoms with E-state index >= 15 is 0 Å². The van der Waals surface area contributed by atoms with Gasteiger partial charge in [-0.25, -0.2) is 4.39 Å². The van der Waals surface area contributed by atoms with Gasteiger partial charge in [0.15, 0.2) is 5.76 Å². The molecule has 2 heterocycles. The van der Waals surface area contributed by atoms with E-state index in [0.29, 0.717) is 23.7 Å². The van der Waals surface area contributed by atoms with Gasteiger partial charge in [-0.1, -0.05) is 41.9 Å². The van der Waals surface area contributed by atoms with Gasteiger partial charge in [0.05, 0.1) is 23.5 Å². The molecule has 1 amide bonds. The predicted octanol–water partition coefficient (Wildman–Crippen LogP) is 5.15. The standard InChI is InChI=1S/C22H17ClFN3O3/c23-19-10-16(24)6-8-20(19)29-14-18-7-9-21(30-18)22(28)26-17-11-25-27(13-17)12-15-4-2-1-3-5-15/h1-11,13H,12,14H2,(H,26,28). The Morgan fingerprint density at radius 2 is 2.00 bits per heavy atom. The third kappa shape index (κ3) is 4.87. The van der Waals surface area contributed by atoms with Gasteiger partial charge in [-0.05, 0) is 35.9 Å². The highest BCUT2D eigenvalue weighted by Crippen LogP contribution is 2.26. The minimum Gasteiger partial charge on any atom is -0.484 e. The molecule has 2 aromatic heterocycles. The average Bonchev–Trinajstić information content (AvgIpc) is 3.38. The molecular formula is C22H17ClFN3O3. The quantitative estimate of drug-likeness (QED) is 0.444. The number of rotatable bonds is 7. The summed E-state index contributed by atoms with van der Waals surface area (Å²) in [5.41, 5.74) is 1.67. The number of ether oxygens (including phenoxy) is 1. The highest BCUT2D eigenvalue weighted by Gasteiger charge is 2.13. The van der Waals surface area contributed by atoms with Crippen molar-refractivity contribution in [3.63, 3.8) is 0 Å². The number of furan rings is 1. The first-order valence-corrected chi connectivity index (χ1v) is 9.49. The fourth-order valence-corrected chi connectivity index (χ4v) is 3.02. The highest BCUT2D eigenvalue weighted by atomic mass is 35.5. The average molecular weight is 426 g/mol. The Morgan fingerprint density at radius 1 is 1.17 bits per heavy atom. The van der Waals surface area contributed by atoms with Crippen LogP contribution in [0.3, 0.4) is 0 Å². The number of halogens is 2. The summed E-state index contributed by atoms with van der Waals surface area (Å²) < 4.78 is 25.9. The van der Waals surface area contributed by atoms with Crippen molar-refractivity contribution in [3.05, 3.63) is 101 Å². The highest BCUT2D eigenvalue weighted by molar-refractivity contribution is 6.32. The molecule has 1 N–H and O–H groups in total. The summed E-state index contributed by atoms with van der Waals surface area (Å²) in [6, 6.07) is 16.9. The zero-order valence-corrected chi connectivity index (χ0v) is 16.5. The van der Waals surface area contributed by atoms with Crippen LogP contribution >= 0.6 is 11.6 Å². The van der Waals surface area contributed by atoms with E-state index in [1.807, 2.05) is 30.3 Å². The first-order chi connectivity index (χ1) is 14.6. The second-order valence-corrected chi connectivity index (χ2v) is 6.90. The maximum absolute atomic E-state index is 13.1. The summed E-state index contributed by atoms with van der Waals surface area (Å²) in [4.78, 5) is 12.4. The molecule has 2 aromatic carbocycles. The van der Waals surface area contributed by atoms with Crippen LogP contribution in [0.25, 0.3) is 0 Å². The number of hydrogen-bond donors (Lipinski definition) is 1. The minimum absolute atomic E-state index is 0.0492. The van der Waals surface area contributed by atoms with Gasteiger partial charge in [0.25, 0.3) is 5.91 Å². The van der Waals surface area contributed by atoms with Crippen LogP contribution in [0, 0.1) is 5.82 Å². The Kier molecular flexibility index (Phi) is 5.81. The van der Waals surface area contributed by atoms with Crippen LogP contribution < -0.4 is 10.1 Å². The van der Waals surface area contributed by atoms with Gasteiger partial charge in [0.1, 0.15) is 23.9 Å². The van der Waals surface area contributed by atoms with Gasteiger partial charge in [-0.2, -0.15) is 5.10 Å². The molecule has 6 nitrogen and oxygen atoms in total. The molecule has 0 aliphatic rings.